The highest BCUT2D eigenvalue weighted by molar-refractivity contribution is 7.11. The maximum Gasteiger partial charge on any atom is 0.275 e. The molecule has 112 valence electrons. The highest BCUT2D eigenvalue weighted by atomic mass is 32.1. The first-order valence-electron chi connectivity index (χ1n) is 7.19. The Morgan fingerprint density at radius 3 is 3.05 bits per heavy atom. The molecule has 6 heteroatoms. The third-order valence-corrected chi connectivity index (χ3v) is 4.91. The van der Waals surface area contributed by atoms with Crippen molar-refractivity contribution in [3.05, 3.63) is 33.1 Å². The fourth-order valence-corrected chi connectivity index (χ4v) is 3.95. The zero-order valence-corrected chi connectivity index (χ0v) is 13.4. The molecule has 21 heavy (non-hydrogen) atoms. The second-order valence-electron chi connectivity index (χ2n) is 5.64. The van der Waals surface area contributed by atoms with Crippen LogP contribution in [-0.2, 0) is 6.42 Å². The second-order valence-corrected chi connectivity index (χ2v) is 6.93. The molecule has 0 fully saturated rings. The number of fused-ring (bicyclic) bond motifs is 1. The summed E-state index contributed by atoms with van der Waals surface area (Å²) in [6.07, 6.45) is 3.38. The van der Waals surface area contributed by atoms with Gasteiger partial charge < -0.3 is 9.42 Å². The molecule has 0 N–H and O–H groups in total. The number of amides is 1. The van der Waals surface area contributed by atoms with Crippen molar-refractivity contribution in [1.82, 2.24) is 15.0 Å². The second kappa shape index (κ2) is 5.60. The van der Waals surface area contributed by atoms with E-state index < -0.39 is 0 Å². The predicted octanol–water partition coefficient (Wildman–Crippen LogP) is 2.94. The molecule has 1 amide bonds. The third-order valence-electron chi connectivity index (χ3n) is 3.87. The van der Waals surface area contributed by atoms with Crippen LogP contribution in [0, 0.1) is 13.8 Å². The maximum absolute atomic E-state index is 12.3. The van der Waals surface area contributed by atoms with Gasteiger partial charge in [0, 0.05) is 30.5 Å². The minimum atomic E-state index is -0.0917. The van der Waals surface area contributed by atoms with E-state index in [0.29, 0.717) is 23.9 Å². The first-order valence-corrected chi connectivity index (χ1v) is 8.01. The summed E-state index contributed by atoms with van der Waals surface area (Å²) in [5.74, 6) is 0.897. The molecule has 0 saturated heterocycles. The van der Waals surface area contributed by atoms with Crippen LogP contribution in [0.1, 0.15) is 50.6 Å². The van der Waals surface area contributed by atoms with Crippen LogP contribution in [0.3, 0.4) is 0 Å². The van der Waals surface area contributed by atoms with E-state index in [4.69, 9.17) is 4.52 Å². The van der Waals surface area contributed by atoms with Crippen LogP contribution in [0.5, 0.6) is 0 Å². The van der Waals surface area contributed by atoms with Crippen molar-refractivity contribution in [3.8, 4) is 0 Å². The number of likely N-dealkylation sites (N-methyl/N-ethyl adjacent to an activating group) is 1. The SMILES string of the molecule is Cc1cc(C(=O)N(C)CC2CCCc3sc(C)nc32)no1. The van der Waals surface area contributed by atoms with Crippen molar-refractivity contribution in [2.24, 2.45) is 0 Å². The number of nitrogens with zero attached hydrogens (tertiary/aromatic N) is 3. The number of carbonyl (C=O) groups excluding carboxylic acids is 1. The van der Waals surface area contributed by atoms with Crippen molar-refractivity contribution >= 4 is 17.2 Å². The van der Waals surface area contributed by atoms with Crippen LogP contribution in [0.4, 0.5) is 0 Å². The zero-order chi connectivity index (χ0) is 15.0. The topological polar surface area (TPSA) is 59.2 Å². The maximum atomic E-state index is 12.3. The Morgan fingerprint density at radius 1 is 1.52 bits per heavy atom. The average Bonchev–Trinajstić information content (AvgIpc) is 3.03. The Kier molecular flexibility index (Phi) is 3.80. The number of hydrogen-bond donors (Lipinski definition) is 0. The summed E-state index contributed by atoms with van der Waals surface area (Å²) < 4.78 is 4.98. The van der Waals surface area contributed by atoms with E-state index in [1.54, 1.807) is 29.2 Å². The molecular weight excluding hydrogens is 286 g/mol. The summed E-state index contributed by atoms with van der Waals surface area (Å²) >= 11 is 1.79. The molecule has 1 aliphatic rings. The van der Waals surface area contributed by atoms with Crippen LogP contribution in [0.15, 0.2) is 10.6 Å². The summed E-state index contributed by atoms with van der Waals surface area (Å²) in [7, 11) is 1.82. The summed E-state index contributed by atoms with van der Waals surface area (Å²) in [6.45, 7) is 4.52. The van der Waals surface area contributed by atoms with Gasteiger partial charge in [0.2, 0.25) is 0 Å². The summed E-state index contributed by atoms with van der Waals surface area (Å²) in [6, 6.07) is 1.68. The van der Waals surface area contributed by atoms with Crippen LogP contribution in [0.2, 0.25) is 0 Å². The van der Waals surface area contributed by atoms with Gasteiger partial charge in [-0.1, -0.05) is 5.16 Å². The van der Waals surface area contributed by atoms with Gasteiger partial charge in [-0.3, -0.25) is 4.79 Å². The average molecular weight is 305 g/mol. The lowest BCUT2D eigenvalue weighted by Crippen LogP contribution is -2.32. The molecule has 0 saturated carbocycles. The standard InChI is InChI=1S/C15H19N3O2S/c1-9-7-12(17-20-9)15(19)18(3)8-11-5-4-6-13-14(11)16-10(2)21-13/h7,11H,4-6,8H2,1-3H3. The molecule has 0 aromatic carbocycles. The largest absolute Gasteiger partial charge is 0.361 e. The molecule has 3 rings (SSSR count). The van der Waals surface area contributed by atoms with E-state index in [2.05, 4.69) is 10.1 Å². The molecule has 1 aliphatic carbocycles. The molecule has 5 nitrogen and oxygen atoms in total. The minimum Gasteiger partial charge on any atom is -0.361 e. The third kappa shape index (κ3) is 2.85. The molecule has 0 spiro atoms. The fourth-order valence-electron chi connectivity index (χ4n) is 2.88. The summed E-state index contributed by atoms with van der Waals surface area (Å²) in [4.78, 5) is 20.1. The van der Waals surface area contributed by atoms with E-state index in [1.165, 1.54) is 17.0 Å². The molecule has 2 aromatic rings. The van der Waals surface area contributed by atoms with Crippen molar-refractivity contribution in [3.63, 3.8) is 0 Å². The van der Waals surface area contributed by atoms with Gasteiger partial charge in [0.15, 0.2) is 5.69 Å². The molecule has 2 heterocycles. The monoisotopic (exact) mass is 305 g/mol. The molecule has 2 aromatic heterocycles. The number of aryl methyl sites for hydroxylation is 3. The van der Waals surface area contributed by atoms with Crippen LogP contribution in [0.25, 0.3) is 0 Å². The predicted molar refractivity (Wildman–Crippen MR) is 80.7 cm³/mol. The van der Waals surface area contributed by atoms with Gasteiger partial charge in [0.25, 0.3) is 5.91 Å². The summed E-state index contributed by atoms with van der Waals surface area (Å²) in [5.41, 5.74) is 1.57. The lowest BCUT2D eigenvalue weighted by molar-refractivity contribution is 0.0772. The van der Waals surface area contributed by atoms with Crippen molar-refractivity contribution in [1.29, 1.82) is 0 Å². The van der Waals surface area contributed by atoms with Gasteiger partial charge in [0.1, 0.15) is 5.76 Å². The van der Waals surface area contributed by atoms with Gasteiger partial charge in [-0.2, -0.15) is 0 Å². The Bertz CT molecular complexity index is 662. The lowest BCUT2D eigenvalue weighted by atomic mass is 9.90. The molecular formula is C15H19N3O2S. The molecule has 1 unspecified atom stereocenters. The number of thiazole rings is 1. The number of carbonyl (C=O) groups is 1. The fraction of sp³-hybridized carbons (Fsp3) is 0.533. The van der Waals surface area contributed by atoms with Crippen molar-refractivity contribution in [2.75, 3.05) is 13.6 Å². The number of hydrogen-bond acceptors (Lipinski definition) is 5. The van der Waals surface area contributed by atoms with Gasteiger partial charge in [0.05, 0.1) is 10.7 Å². The first kappa shape index (κ1) is 14.3. The highest BCUT2D eigenvalue weighted by Gasteiger charge is 2.27. The van der Waals surface area contributed by atoms with Crippen molar-refractivity contribution < 1.29 is 9.32 Å². The Hall–Kier alpha value is -1.69. The number of rotatable bonds is 3. The number of aromatic nitrogens is 2. The van der Waals surface area contributed by atoms with Crippen molar-refractivity contribution in [2.45, 2.75) is 39.0 Å². The minimum absolute atomic E-state index is 0.0917. The van der Waals surface area contributed by atoms with Gasteiger partial charge in [-0.15, -0.1) is 11.3 Å². The van der Waals surface area contributed by atoms with Gasteiger partial charge >= 0.3 is 0 Å². The Balaban J connectivity index is 1.73. The van der Waals surface area contributed by atoms with E-state index in [1.807, 2.05) is 14.0 Å². The quantitative estimate of drug-likeness (QED) is 0.875. The summed E-state index contributed by atoms with van der Waals surface area (Å²) in [5, 5.41) is 4.92. The van der Waals surface area contributed by atoms with E-state index >= 15 is 0 Å². The molecule has 1 atom stereocenters. The zero-order valence-electron chi connectivity index (χ0n) is 12.5. The first-order chi connectivity index (χ1) is 10.0. The van der Waals surface area contributed by atoms with E-state index in [9.17, 15) is 4.79 Å². The molecule has 0 aliphatic heterocycles. The Labute approximate surface area is 128 Å². The lowest BCUT2D eigenvalue weighted by Gasteiger charge is -2.26. The van der Waals surface area contributed by atoms with Crippen LogP contribution < -0.4 is 0 Å². The Morgan fingerprint density at radius 2 is 2.33 bits per heavy atom. The molecule has 0 bridgehead atoms. The molecule has 0 radical (unpaired) electrons. The van der Waals surface area contributed by atoms with E-state index in [-0.39, 0.29) is 5.91 Å². The normalized spacial score (nSPS) is 17.6. The van der Waals surface area contributed by atoms with Crippen LogP contribution in [-0.4, -0.2) is 34.5 Å². The van der Waals surface area contributed by atoms with E-state index in [0.717, 1.165) is 17.8 Å². The highest BCUT2D eigenvalue weighted by Crippen LogP contribution is 2.35. The smallest absolute Gasteiger partial charge is 0.275 e. The van der Waals surface area contributed by atoms with Gasteiger partial charge in [-0.05, 0) is 33.1 Å². The van der Waals surface area contributed by atoms with Gasteiger partial charge in [-0.25, -0.2) is 4.98 Å². The van der Waals surface area contributed by atoms with Crippen LogP contribution >= 0.6 is 11.3 Å².